The number of rotatable bonds is 7. The van der Waals surface area contributed by atoms with Crippen molar-refractivity contribution in [2.75, 3.05) is 26.2 Å². The van der Waals surface area contributed by atoms with E-state index in [2.05, 4.69) is 53.3 Å². The van der Waals surface area contributed by atoms with Gasteiger partial charge in [0.1, 0.15) is 0 Å². The number of hydrogen-bond acceptors (Lipinski definition) is 2. The van der Waals surface area contributed by atoms with Gasteiger partial charge in [0.2, 0.25) is 0 Å². The maximum atomic E-state index is 5.98. The van der Waals surface area contributed by atoms with Gasteiger partial charge in [0.25, 0.3) is 0 Å². The maximum Gasteiger partial charge on any atom is 0.188 e. The lowest BCUT2D eigenvalue weighted by Crippen LogP contribution is -2.37. The van der Waals surface area contributed by atoms with Crippen molar-refractivity contribution in [2.45, 2.75) is 39.2 Å². The highest BCUT2D eigenvalue weighted by atomic mass is 127. The minimum atomic E-state index is 0. The highest BCUT2D eigenvalue weighted by Gasteiger charge is 2.24. The topological polar surface area (TPSA) is 53.6 Å². The fourth-order valence-corrected chi connectivity index (χ4v) is 3.05. The molecule has 2 rings (SSSR count). The summed E-state index contributed by atoms with van der Waals surface area (Å²) < 4.78 is 0. The van der Waals surface area contributed by atoms with E-state index in [1.54, 1.807) is 0 Å². The van der Waals surface area contributed by atoms with Crippen LogP contribution in [0, 0.1) is 5.92 Å². The van der Waals surface area contributed by atoms with Crippen LogP contribution in [0.5, 0.6) is 0 Å². The van der Waals surface area contributed by atoms with Crippen LogP contribution >= 0.6 is 24.0 Å². The molecule has 1 aromatic carbocycles. The molecule has 1 aliphatic rings. The Kier molecular flexibility index (Phi) is 9.55. The van der Waals surface area contributed by atoms with E-state index in [0.29, 0.717) is 17.9 Å². The molecular weight excluding hydrogens is 399 g/mol. The van der Waals surface area contributed by atoms with E-state index in [-0.39, 0.29) is 24.0 Å². The molecule has 1 aliphatic heterocycles. The first-order valence-corrected chi connectivity index (χ1v) is 8.47. The summed E-state index contributed by atoms with van der Waals surface area (Å²) in [6.45, 7) is 8.58. The van der Waals surface area contributed by atoms with E-state index in [1.165, 1.54) is 31.5 Å². The van der Waals surface area contributed by atoms with Crippen molar-refractivity contribution in [3.8, 4) is 0 Å². The zero-order chi connectivity index (χ0) is 15.8. The van der Waals surface area contributed by atoms with Gasteiger partial charge in [-0.3, -0.25) is 9.89 Å². The Morgan fingerprint density at radius 1 is 1.35 bits per heavy atom. The second kappa shape index (κ2) is 10.9. The highest BCUT2D eigenvalue weighted by molar-refractivity contribution is 14.0. The van der Waals surface area contributed by atoms with Gasteiger partial charge in [0.15, 0.2) is 5.96 Å². The third kappa shape index (κ3) is 7.52. The first-order chi connectivity index (χ1) is 10.6. The number of nitrogens with zero attached hydrogens (tertiary/aromatic N) is 2. The quantitative estimate of drug-likeness (QED) is 0.398. The van der Waals surface area contributed by atoms with Gasteiger partial charge < -0.3 is 11.1 Å². The molecule has 0 unspecified atom stereocenters. The van der Waals surface area contributed by atoms with Gasteiger partial charge in [-0.2, -0.15) is 0 Å². The van der Waals surface area contributed by atoms with Crippen molar-refractivity contribution in [1.82, 2.24) is 10.2 Å². The van der Waals surface area contributed by atoms with Crippen LogP contribution in [0.1, 0.15) is 32.3 Å². The Bertz CT molecular complexity index is 461. The van der Waals surface area contributed by atoms with Crippen molar-refractivity contribution in [3.63, 3.8) is 0 Å². The third-order valence-electron chi connectivity index (χ3n) is 4.13. The van der Waals surface area contributed by atoms with E-state index in [1.807, 2.05) is 6.07 Å². The Labute approximate surface area is 157 Å². The standard InChI is InChI=1S/C18H30N4.HI/c1-15(2)14-22-12-6-9-17(22)13-21-18(19)20-11-10-16-7-4-3-5-8-16;/h3-5,7-8,15,17H,6,9-14H2,1-2H3,(H3,19,20,21);1H/t17-;/m0./s1. The van der Waals surface area contributed by atoms with Crippen LogP contribution in [0.25, 0.3) is 0 Å². The number of benzene rings is 1. The predicted octanol–water partition coefficient (Wildman–Crippen LogP) is 2.87. The summed E-state index contributed by atoms with van der Waals surface area (Å²) in [4.78, 5) is 7.10. The average Bonchev–Trinajstić information content (AvgIpc) is 2.93. The summed E-state index contributed by atoms with van der Waals surface area (Å²) in [7, 11) is 0. The monoisotopic (exact) mass is 430 g/mol. The number of aliphatic imine (C=N–C) groups is 1. The van der Waals surface area contributed by atoms with Crippen LogP contribution in [0.3, 0.4) is 0 Å². The second-order valence-corrected chi connectivity index (χ2v) is 6.57. The fraction of sp³-hybridized carbons (Fsp3) is 0.611. The van der Waals surface area contributed by atoms with Gasteiger partial charge in [-0.15, -0.1) is 24.0 Å². The van der Waals surface area contributed by atoms with Crippen LogP contribution in [0.2, 0.25) is 0 Å². The average molecular weight is 430 g/mol. The molecule has 0 saturated carbocycles. The van der Waals surface area contributed by atoms with Crippen molar-refractivity contribution in [2.24, 2.45) is 16.6 Å². The second-order valence-electron chi connectivity index (χ2n) is 6.57. The van der Waals surface area contributed by atoms with Crippen LogP contribution in [-0.2, 0) is 6.42 Å². The van der Waals surface area contributed by atoms with E-state index >= 15 is 0 Å². The minimum Gasteiger partial charge on any atom is -0.370 e. The number of hydrogen-bond donors (Lipinski definition) is 2. The SMILES string of the molecule is CC(C)CN1CCC[C@H]1CN=C(N)NCCc1ccccc1.I. The number of likely N-dealkylation sites (tertiary alicyclic amines) is 1. The van der Waals surface area contributed by atoms with Crippen molar-refractivity contribution in [1.29, 1.82) is 0 Å². The summed E-state index contributed by atoms with van der Waals surface area (Å²) >= 11 is 0. The van der Waals surface area contributed by atoms with Crippen molar-refractivity contribution < 1.29 is 0 Å². The number of nitrogens with one attached hydrogen (secondary N) is 1. The normalized spacial score (nSPS) is 18.9. The molecule has 4 nitrogen and oxygen atoms in total. The largest absolute Gasteiger partial charge is 0.370 e. The van der Waals surface area contributed by atoms with Crippen LogP contribution < -0.4 is 11.1 Å². The van der Waals surface area contributed by atoms with Gasteiger partial charge >= 0.3 is 0 Å². The van der Waals surface area contributed by atoms with E-state index in [9.17, 15) is 0 Å². The first-order valence-electron chi connectivity index (χ1n) is 8.47. The van der Waals surface area contributed by atoms with Gasteiger partial charge in [-0.25, -0.2) is 0 Å². The molecule has 0 amide bonds. The summed E-state index contributed by atoms with van der Waals surface area (Å²) in [6.07, 6.45) is 3.50. The summed E-state index contributed by atoms with van der Waals surface area (Å²) in [6, 6.07) is 11.0. The smallest absolute Gasteiger partial charge is 0.188 e. The van der Waals surface area contributed by atoms with Crippen LogP contribution in [0.4, 0.5) is 0 Å². The fourth-order valence-electron chi connectivity index (χ4n) is 3.05. The van der Waals surface area contributed by atoms with Gasteiger partial charge in [0.05, 0.1) is 6.54 Å². The van der Waals surface area contributed by atoms with E-state index < -0.39 is 0 Å². The Morgan fingerprint density at radius 3 is 2.78 bits per heavy atom. The van der Waals surface area contributed by atoms with Gasteiger partial charge in [-0.1, -0.05) is 44.2 Å². The summed E-state index contributed by atoms with van der Waals surface area (Å²) in [5.41, 5.74) is 7.30. The molecular formula is C18H31IN4. The zero-order valence-corrected chi connectivity index (χ0v) is 16.7. The van der Waals surface area contributed by atoms with E-state index in [4.69, 9.17) is 5.73 Å². The Morgan fingerprint density at radius 2 is 2.09 bits per heavy atom. The minimum absolute atomic E-state index is 0. The van der Waals surface area contributed by atoms with Crippen LogP contribution in [0.15, 0.2) is 35.3 Å². The lowest BCUT2D eigenvalue weighted by atomic mass is 10.1. The predicted molar refractivity (Wildman–Crippen MR) is 109 cm³/mol. The molecule has 0 aliphatic carbocycles. The van der Waals surface area contributed by atoms with Gasteiger partial charge in [0, 0.05) is 19.1 Å². The lowest BCUT2D eigenvalue weighted by Gasteiger charge is -2.24. The molecule has 1 aromatic rings. The molecule has 0 spiro atoms. The lowest BCUT2D eigenvalue weighted by molar-refractivity contribution is 0.231. The molecule has 130 valence electrons. The Balaban J connectivity index is 0.00000264. The molecule has 3 N–H and O–H groups in total. The zero-order valence-electron chi connectivity index (χ0n) is 14.4. The summed E-state index contributed by atoms with van der Waals surface area (Å²) in [5.74, 6) is 1.29. The number of guanidine groups is 1. The maximum absolute atomic E-state index is 5.98. The molecule has 0 bridgehead atoms. The Hall–Kier alpha value is -0.820. The third-order valence-corrected chi connectivity index (χ3v) is 4.13. The van der Waals surface area contributed by atoms with Crippen LogP contribution in [-0.4, -0.2) is 43.1 Å². The molecule has 5 heteroatoms. The molecule has 0 aromatic heterocycles. The highest BCUT2D eigenvalue weighted by Crippen LogP contribution is 2.18. The van der Waals surface area contributed by atoms with E-state index in [0.717, 1.165) is 19.5 Å². The molecule has 23 heavy (non-hydrogen) atoms. The molecule has 1 heterocycles. The molecule has 0 radical (unpaired) electrons. The number of nitrogens with two attached hydrogens (primary N) is 1. The number of halogens is 1. The van der Waals surface area contributed by atoms with Gasteiger partial charge in [-0.05, 0) is 37.3 Å². The molecule has 1 saturated heterocycles. The molecule has 1 atom stereocenters. The summed E-state index contributed by atoms with van der Waals surface area (Å²) in [5, 5.41) is 3.22. The van der Waals surface area contributed by atoms with Crippen molar-refractivity contribution in [3.05, 3.63) is 35.9 Å². The first kappa shape index (κ1) is 20.2. The van der Waals surface area contributed by atoms with Crippen molar-refractivity contribution >= 4 is 29.9 Å². The molecule has 1 fully saturated rings.